The summed E-state index contributed by atoms with van der Waals surface area (Å²) in [5.41, 5.74) is 7.10. The molecular formula is C34H32N6O3S. The van der Waals surface area contributed by atoms with E-state index in [2.05, 4.69) is 20.2 Å². The Labute approximate surface area is 259 Å². The van der Waals surface area contributed by atoms with Gasteiger partial charge in [0.2, 0.25) is 0 Å². The molecule has 2 fully saturated rings. The van der Waals surface area contributed by atoms with E-state index in [4.69, 9.17) is 9.72 Å². The maximum absolute atomic E-state index is 14.4. The van der Waals surface area contributed by atoms with Gasteiger partial charge in [-0.25, -0.2) is 14.8 Å². The first-order chi connectivity index (χ1) is 21.6. The van der Waals surface area contributed by atoms with Gasteiger partial charge in [0.1, 0.15) is 5.01 Å². The molecule has 0 unspecified atom stereocenters. The number of carbonyl (C=O) groups excluding carboxylic acids is 2. The van der Waals surface area contributed by atoms with Crippen LogP contribution in [0.25, 0.3) is 22.2 Å². The van der Waals surface area contributed by atoms with Crippen molar-refractivity contribution in [1.82, 2.24) is 25.2 Å². The standard InChI is InChI=1S/C34H32N6O3S/c1-43-34(42)40(24-12-6-3-7-13-24)37-33(41)31-27-14-8-9-15-29(27)36-32(23-10-4-2-5-11-23)28(31)21-38-19-26-18-25(38)20-39(26)22-30-35-16-17-44-30/h2-17,25-26H,18-22H2,1H3,(H,37,41)/t25-,26-/m1/s1. The van der Waals surface area contributed by atoms with E-state index in [1.807, 2.05) is 72.2 Å². The van der Waals surface area contributed by atoms with Crippen LogP contribution in [0.15, 0.2) is 96.5 Å². The lowest BCUT2D eigenvalue weighted by molar-refractivity contribution is 0.0936. The predicted octanol–water partition coefficient (Wildman–Crippen LogP) is 5.73. The molecule has 5 aromatic rings. The lowest BCUT2D eigenvalue weighted by Crippen LogP contribution is -2.47. The van der Waals surface area contributed by atoms with Crippen LogP contribution in [0.2, 0.25) is 0 Å². The van der Waals surface area contributed by atoms with E-state index in [-0.39, 0.29) is 0 Å². The highest BCUT2D eigenvalue weighted by atomic mass is 32.1. The number of benzene rings is 3. The highest BCUT2D eigenvalue weighted by molar-refractivity contribution is 7.09. The normalized spacial score (nSPS) is 18.0. The number of fused-ring (bicyclic) bond motifs is 3. The third kappa shape index (κ3) is 5.43. The minimum absolute atomic E-state index is 0.363. The molecule has 0 saturated carbocycles. The lowest BCUT2D eigenvalue weighted by atomic mass is 9.95. The third-order valence-corrected chi connectivity index (χ3v) is 9.27. The number of anilines is 1. The first-order valence-electron chi connectivity index (χ1n) is 14.7. The summed E-state index contributed by atoms with van der Waals surface area (Å²) in [6.07, 6.45) is 2.26. The summed E-state index contributed by atoms with van der Waals surface area (Å²) < 4.78 is 5.05. The number of hydrazine groups is 1. The Morgan fingerprint density at radius 2 is 1.61 bits per heavy atom. The number of piperazine rings is 1. The predicted molar refractivity (Wildman–Crippen MR) is 171 cm³/mol. The van der Waals surface area contributed by atoms with Crippen molar-refractivity contribution in [1.29, 1.82) is 0 Å². The van der Waals surface area contributed by atoms with Gasteiger partial charge >= 0.3 is 6.09 Å². The monoisotopic (exact) mass is 604 g/mol. The van der Waals surface area contributed by atoms with Crippen LogP contribution in [0, 0.1) is 0 Å². The number of methoxy groups -OCH3 is 1. The Hall–Kier alpha value is -4.64. The van der Waals surface area contributed by atoms with Gasteiger partial charge in [-0.05, 0) is 24.6 Å². The molecule has 3 aromatic carbocycles. The van der Waals surface area contributed by atoms with Gasteiger partial charge in [0.25, 0.3) is 5.91 Å². The molecule has 44 heavy (non-hydrogen) atoms. The summed E-state index contributed by atoms with van der Waals surface area (Å²) in [4.78, 5) is 41.9. The second-order valence-electron chi connectivity index (χ2n) is 11.1. The number of para-hydroxylation sites is 2. The molecule has 2 atom stereocenters. The van der Waals surface area contributed by atoms with Crippen molar-refractivity contribution in [2.75, 3.05) is 25.2 Å². The fourth-order valence-electron chi connectivity index (χ4n) is 6.47. The van der Waals surface area contributed by atoms with Gasteiger partial charge < -0.3 is 4.74 Å². The molecular weight excluding hydrogens is 572 g/mol. The summed E-state index contributed by atoms with van der Waals surface area (Å²) in [6.45, 7) is 3.28. The summed E-state index contributed by atoms with van der Waals surface area (Å²) in [6, 6.07) is 27.4. The molecule has 9 nitrogen and oxygen atoms in total. The number of nitrogens with one attached hydrogen (secondary N) is 1. The molecule has 10 heteroatoms. The Morgan fingerprint density at radius 1 is 0.932 bits per heavy atom. The zero-order valence-electron chi connectivity index (χ0n) is 24.3. The van der Waals surface area contributed by atoms with Crippen molar-refractivity contribution < 1.29 is 14.3 Å². The fraction of sp³-hybridized carbons (Fsp3) is 0.235. The molecule has 0 spiro atoms. The van der Waals surface area contributed by atoms with Crippen LogP contribution < -0.4 is 10.4 Å². The van der Waals surface area contributed by atoms with E-state index in [0.717, 1.165) is 58.3 Å². The molecule has 2 aromatic heterocycles. The molecule has 1 N–H and O–H groups in total. The molecule has 0 aliphatic carbocycles. The number of hydrogen-bond donors (Lipinski definition) is 1. The van der Waals surface area contributed by atoms with Gasteiger partial charge in [-0.1, -0.05) is 66.7 Å². The second kappa shape index (κ2) is 12.2. The molecule has 2 saturated heterocycles. The third-order valence-electron chi connectivity index (χ3n) is 8.50. The quantitative estimate of drug-likeness (QED) is 0.237. The number of hydrogen-bond acceptors (Lipinski definition) is 8. The van der Waals surface area contributed by atoms with Crippen LogP contribution >= 0.6 is 11.3 Å². The molecule has 2 aliphatic heterocycles. The van der Waals surface area contributed by atoms with E-state index in [1.165, 1.54) is 7.11 Å². The number of likely N-dealkylation sites (tertiary alicyclic amines) is 2. The van der Waals surface area contributed by atoms with Crippen molar-refractivity contribution in [2.24, 2.45) is 0 Å². The van der Waals surface area contributed by atoms with E-state index < -0.39 is 12.0 Å². The molecule has 0 radical (unpaired) electrons. The van der Waals surface area contributed by atoms with Crippen LogP contribution in [0.4, 0.5) is 10.5 Å². The summed E-state index contributed by atoms with van der Waals surface area (Å²) in [5.74, 6) is -0.403. The van der Waals surface area contributed by atoms with E-state index in [9.17, 15) is 9.59 Å². The maximum Gasteiger partial charge on any atom is 0.433 e. The van der Waals surface area contributed by atoms with Crippen molar-refractivity contribution in [3.8, 4) is 11.3 Å². The van der Waals surface area contributed by atoms with Gasteiger partial charge in [0.15, 0.2) is 0 Å². The number of aromatic nitrogens is 2. The number of rotatable bonds is 7. The average Bonchev–Trinajstić information content (AvgIpc) is 3.82. The highest BCUT2D eigenvalue weighted by Crippen LogP contribution is 2.37. The number of ether oxygens (including phenoxy) is 1. The van der Waals surface area contributed by atoms with Gasteiger partial charge in [0.05, 0.1) is 36.1 Å². The number of carbonyl (C=O) groups is 2. The van der Waals surface area contributed by atoms with Gasteiger partial charge in [-0.2, -0.15) is 5.01 Å². The Morgan fingerprint density at radius 3 is 2.30 bits per heavy atom. The molecule has 222 valence electrons. The second-order valence-corrected chi connectivity index (χ2v) is 12.1. The van der Waals surface area contributed by atoms with E-state index in [1.54, 1.807) is 35.6 Å². The molecule has 2 amide bonds. The SMILES string of the molecule is COC(=O)N(NC(=O)c1c(CN2C[C@H]3C[C@@H]2CN3Cc2nccs2)c(-c2ccccc2)nc2ccccc12)c1ccccc1. The van der Waals surface area contributed by atoms with Crippen LogP contribution in [0.3, 0.4) is 0 Å². The molecule has 2 bridgehead atoms. The number of pyridine rings is 1. The van der Waals surface area contributed by atoms with Crippen molar-refractivity contribution in [2.45, 2.75) is 31.6 Å². The van der Waals surface area contributed by atoms with Gasteiger partial charge in [-0.15, -0.1) is 11.3 Å². The minimum atomic E-state index is -0.690. The first-order valence-corrected chi connectivity index (χ1v) is 15.5. The molecule has 2 aliphatic rings. The lowest BCUT2D eigenvalue weighted by Gasteiger charge is -2.34. The Bertz CT molecular complexity index is 1780. The Kier molecular flexibility index (Phi) is 7.78. The van der Waals surface area contributed by atoms with Crippen LogP contribution in [0.1, 0.15) is 27.3 Å². The van der Waals surface area contributed by atoms with Crippen molar-refractivity contribution >= 4 is 39.9 Å². The van der Waals surface area contributed by atoms with Gasteiger partial charge in [-0.3, -0.25) is 20.0 Å². The van der Waals surface area contributed by atoms with Crippen LogP contribution in [0.5, 0.6) is 0 Å². The summed E-state index contributed by atoms with van der Waals surface area (Å²) >= 11 is 1.70. The van der Waals surface area contributed by atoms with Gasteiger partial charge in [0, 0.05) is 59.8 Å². The summed E-state index contributed by atoms with van der Waals surface area (Å²) in [7, 11) is 1.30. The Balaban J connectivity index is 1.28. The fourth-order valence-corrected chi connectivity index (χ4v) is 7.11. The smallest absolute Gasteiger partial charge is 0.433 e. The van der Waals surface area contributed by atoms with Crippen molar-refractivity contribution in [3.05, 3.63) is 113 Å². The highest BCUT2D eigenvalue weighted by Gasteiger charge is 2.43. The largest absolute Gasteiger partial charge is 0.451 e. The average molecular weight is 605 g/mol. The zero-order chi connectivity index (χ0) is 30.0. The molecule has 4 heterocycles. The molecule has 7 rings (SSSR count). The van der Waals surface area contributed by atoms with E-state index in [0.29, 0.717) is 35.4 Å². The first kappa shape index (κ1) is 28.1. The van der Waals surface area contributed by atoms with Crippen LogP contribution in [-0.4, -0.2) is 64.1 Å². The summed E-state index contributed by atoms with van der Waals surface area (Å²) in [5, 5.41) is 5.05. The number of nitrogens with zero attached hydrogens (tertiary/aromatic N) is 5. The van der Waals surface area contributed by atoms with Crippen LogP contribution in [-0.2, 0) is 17.8 Å². The maximum atomic E-state index is 14.4. The number of amides is 2. The zero-order valence-corrected chi connectivity index (χ0v) is 25.1. The minimum Gasteiger partial charge on any atom is -0.451 e. The van der Waals surface area contributed by atoms with E-state index >= 15 is 0 Å². The number of thiazole rings is 1. The van der Waals surface area contributed by atoms with Crippen molar-refractivity contribution in [3.63, 3.8) is 0 Å². The topological polar surface area (TPSA) is 90.9 Å².